The van der Waals surface area contributed by atoms with Gasteiger partial charge in [0.05, 0.1) is 0 Å². The third-order valence-electron chi connectivity index (χ3n) is 3.06. The van der Waals surface area contributed by atoms with Crippen LogP contribution >= 0.6 is 0 Å². The number of amides is 2. The van der Waals surface area contributed by atoms with Crippen LogP contribution in [0.3, 0.4) is 0 Å². The lowest BCUT2D eigenvalue weighted by atomic mass is 10.0. The van der Waals surface area contributed by atoms with Crippen molar-refractivity contribution in [3.63, 3.8) is 0 Å². The van der Waals surface area contributed by atoms with Crippen LogP contribution in [0.1, 0.15) is 33.1 Å². The van der Waals surface area contributed by atoms with Gasteiger partial charge in [0.1, 0.15) is 6.04 Å². The van der Waals surface area contributed by atoms with E-state index in [2.05, 4.69) is 5.32 Å². The number of carbonyl (C=O) groups excluding carboxylic acids is 2. The fourth-order valence-corrected chi connectivity index (χ4v) is 1.99. The molecule has 7 heteroatoms. The first-order valence-electron chi connectivity index (χ1n) is 6.35. The zero-order chi connectivity index (χ0) is 14.6. The normalized spacial score (nSPS) is 21.6. The summed E-state index contributed by atoms with van der Waals surface area (Å²) in [7, 11) is 0. The van der Waals surface area contributed by atoms with Crippen molar-refractivity contribution in [2.24, 2.45) is 5.92 Å². The molecule has 110 valence electrons. The highest BCUT2D eigenvalue weighted by Crippen LogP contribution is 2.22. The predicted molar refractivity (Wildman–Crippen MR) is 63.3 cm³/mol. The van der Waals surface area contributed by atoms with Crippen LogP contribution in [0.5, 0.6) is 0 Å². The molecule has 0 radical (unpaired) electrons. The van der Waals surface area contributed by atoms with E-state index >= 15 is 0 Å². The number of nitrogens with zero attached hydrogens (tertiary/aromatic N) is 1. The van der Waals surface area contributed by atoms with Gasteiger partial charge >= 0.3 is 6.18 Å². The molecule has 1 rings (SSSR count). The number of hydrogen-bond donors (Lipinski definition) is 1. The van der Waals surface area contributed by atoms with E-state index in [4.69, 9.17) is 0 Å². The Labute approximate surface area is 110 Å². The molecule has 1 N–H and O–H groups in total. The summed E-state index contributed by atoms with van der Waals surface area (Å²) >= 11 is 0. The van der Waals surface area contributed by atoms with E-state index in [0.717, 1.165) is 0 Å². The third kappa shape index (κ3) is 5.08. The lowest BCUT2D eigenvalue weighted by Crippen LogP contribution is -2.48. The molecule has 4 nitrogen and oxygen atoms in total. The zero-order valence-electron chi connectivity index (χ0n) is 11.1. The van der Waals surface area contributed by atoms with E-state index in [1.807, 2.05) is 0 Å². The maximum absolute atomic E-state index is 12.1. The molecule has 1 aliphatic rings. The third-order valence-corrected chi connectivity index (χ3v) is 3.06. The summed E-state index contributed by atoms with van der Waals surface area (Å²) in [5, 5.41) is 2.61. The Morgan fingerprint density at radius 2 is 2.00 bits per heavy atom. The van der Waals surface area contributed by atoms with Gasteiger partial charge < -0.3 is 10.2 Å². The summed E-state index contributed by atoms with van der Waals surface area (Å²) in [6, 6.07) is -0.638. The number of hydrogen-bond acceptors (Lipinski definition) is 2. The molecule has 1 atom stereocenters. The van der Waals surface area contributed by atoms with Crippen LogP contribution in [0.25, 0.3) is 0 Å². The summed E-state index contributed by atoms with van der Waals surface area (Å²) in [5.74, 6) is -0.604. The summed E-state index contributed by atoms with van der Waals surface area (Å²) in [6.45, 7) is 3.81. The van der Waals surface area contributed by atoms with Gasteiger partial charge in [-0.3, -0.25) is 9.59 Å². The van der Waals surface area contributed by atoms with Gasteiger partial charge in [-0.2, -0.15) is 13.2 Å². The number of rotatable bonds is 4. The summed E-state index contributed by atoms with van der Waals surface area (Å²) in [5.41, 5.74) is 0. The second kappa shape index (κ2) is 6.25. The van der Waals surface area contributed by atoms with Crippen molar-refractivity contribution in [3.8, 4) is 0 Å². The van der Waals surface area contributed by atoms with E-state index in [-0.39, 0.29) is 43.7 Å². The molecule has 0 aliphatic carbocycles. The van der Waals surface area contributed by atoms with Crippen LogP contribution in [0, 0.1) is 5.92 Å². The second-order valence-electron chi connectivity index (χ2n) is 5.08. The van der Waals surface area contributed by atoms with Gasteiger partial charge in [0.25, 0.3) is 0 Å². The predicted octanol–water partition coefficient (Wildman–Crippen LogP) is 1.70. The standard InChI is InChI=1S/C12H19F3N2O2/c1-8(2)10-11(19)17(7-4-9(18)16-10)6-3-5-12(13,14)15/h8,10H,3-7H2,1-2H3,(H,16,18). The first-order chi connectivity index (χ1) is 8.70. The molecule has 2 amide bonds. The van der Waals surface area contributed by atoms with Gasteiger partial charge in [0.15, 0.2) is 0 Å². The van der Waals surface area contributed by atoms with E-state index in [9.17, 15) is 22.8 Å². The fourth-order valence-electron chi connectivity index (χ4n) is 1.99. The van der Waals surface area contributed by atoms with Crippen LogP contribution in [-0.4, -0.2) is 42.0 Å². The van der Waals surface area contributed by atoms with Gasteiger partial charge in [0, 0.05) is 25.9 Å². The monoisotopic (exact) mass is 280 g/mol. The summed E-state index contributed by atoms with van der Waals surface area (Å²) < 4.78 is 36.3. The van der Waals surface area contributed by atoms with Crippen LogP contribution in [0.2, 0.25) is 0 Å². The van der Waals surface area contributed by atoms with Gasteiger partial charge in [-0.15, -0.1) is 0 Å². The van der Waals surface area contributed by atoms with Crippen LogP contribution in [-0.2, 0) is 9.59 Å². The highest BCUT2D eigenvalue weighted by atomic mass is 19.4. The maximum atomic E-state index is 12.1. The van der Waals surface area contributed by atoms with Gasteiger partial charge in [-0.1, -0.05) is 13.8 Å². The molecule has 0 spiro atoms. The summed E-state index contributed by atoms with van der Waals surface area (Å²) in [6.07, 6.45) is -5.11. The molecule has 1 aliphatic heterocycles. The molecule has 0 aromatic rings. The van der Waals surface area contributed by atoms with Crippen molar-refractivity contribution < 1.29 is 22.8 Å². The van der Waals surface area contributed by atoms with Crippen molar-refractivity contribution >= 4 is 11.8 Å². The lowest BCUT2D eigenvalue weighted by Gasteiger charge is -2.26. The van der Waals surface area contributed by atoms with Crippen LogP contribution in [0.4, 0.5) is 13.2 Å². The molecule has 1 heterocycles. The molecule has 0 aromatic carbocycles. The average molecular weight is 280 g/mol. The van der Waals surface area contributed by atoms with Crippen molar-refractivity contribution in [3.05, 3.63) is 0 Å². The van der Waals surface area contributed by atoms with E-state index < -0.39 is 18.6 Å². The Morgan fingerprint density at radius 3 is 2.53 bits per heavy atom. The van der Waals surface area contributed by atoms with Crippen LogP contribution < -0.4 is 5.32 Å². The largest absolute Gasteiger partial charge is 0.389 e. The van der Waals surface area contributed by atoms with E-state index in [1.165, 1.54) is 4.90 Å². The van der Waals surface area contributed by atoms with Crippen molar-refractivity contribution in [2.45, 2.75) is 45.3 Å². The molecule has 1 saturated heterocycles. The molecule has 1 unspecified atom stereocenters. The SMILES string of the molecule is CC(C)C1NC(=O)CCN(CCCC(F)(F)F)C1=O. The van der Waals surface area contributed by atoms with Crippen LogP contribution in [0.15, 0.2) is 0 Å². The minimum absolute atomic E-state index is 0.0382. The number of carbonyl (C=O) groups is 2. The Kier molecular flexibility index (Phi) is 5.20. The molecular weight excluding hydrogens is 261 g/mol. The Morgan fingerprint density at radius 1 is 1.37 bits per heavy atom. The fraction of sp³-hybridized carbons (Fsp3) is 0.833. The van der Waals surface area contributed by atoms with Crippen molar-refractivity contribution in [2.75, 3.05) is 13.1 Å². The second-order valence-corrected chi connectivity index (χ2v) is 5.08. The quantitative estimate of drug-likeness (QED) is 0.852. The molecular formula is C12H19F3N2O2. The first-order valence-corrected chi connectivity index (χ1v) is 6.35. The van der Waals surface area contributed by atoms with Gasteiger partial charge in [0.2, 0.25) is 11.8 Å². The Bertz CT molecular complexity index is 342. The smallest absolute Gasteiger partial charge is 0.344 e. The lowest BCUT2D eigenvalue weighted by molar-refractivity contribution is -0.141. The maximum Gasteiger partial charge on any atom is 0.389 e. The number of nitrogens with one attached hydrogen (secondary N) is 1. The van der Waals surface area contributed by atoms with Gasteiger partial charge in [-0.05, 0) is 12.3 Å². The molecule has 1 fully saturated rings. The molecule has 0 aromatic heterocycles. The minimum Gasteiger partial charge on any atom is -0.344 e. The zero-order valence-corrected chi connectivity index (χ0v) is 11.1. The Balaban J connectivity index is 2.61. The number of halogens is 3. The summed E-state index contributed by atoms with van der Waals surface area (Å²) in [4.78, 5) is 24.9. The van der Waals surface area contributed by atoms with E-state index in [0.29, 0.717) is 0 Å². The first kappa shape index (κ1) is 15.8. The highest BCUT2D eigenvalue weighted by Gasteiger charge is 2.32. The van der Waals surface area contributed by atoms with Crippen molar-refractivity contribution in [1.29, 1.82) is 0 Å². The molecule has 19 heavy (non-hydrogen) atoms. The number of alkyl halides is 3. The topological polar surface area (TPSA) is 49.4 Å². The Hall–Kier alpha value is -1.27. The minimum atomic E-state index is -4.21. The average Bonchev–Trinajstić information content (AvgIpc) is 2.40. The molecule has 0 bridgehead atoms. The highest BCUT2D eigenvalue weighted by molar-refractivity contribution is 5.90. The van der Waals surface area contributed by atoms with Gasteiger partial charge in [-0.25, -0.2) is 0 Å². The van der Waals surface area contributed by atoms with Crippen molar-refractivity contribution in [1.82, 2.24) is 10.2 Å². The van der Waals surface area contributed by atoms with E-state index in [1.54, 1.807) is 13.8 Å². The molecule has 0 saturated carbocycles.